The van der Waals surface area contributed by atoms with Gasteiger partial charge >= 0.3 is 0 Å². The molecule has 0 radical (unpaired) electrons. The molecule has 1 aromatic carbocycles. The highest BCUT2D eigenvalue weighted by Crippen LogP contribution is 2.52. The number of hydrogen-bond donors (Lipinski definition) is 6. The van der Waals surface area contributed by atoms with E-state index in [4.69, 9.17) is 15.2 Å². The van der Waals surface area contributed by atoms with Crippen LogP contribution < -0.4 is 16.0 Å². The number of phenols is 1. The first kappa shape index (κ1) is 28.0. The normalized spacial score (nSPS) is 28.7. The van der Waals surface area contributed by atoms with E-state index in [0.29, 0.717) is 23.4 Å². The van der Waals surface area contributed by atoms with Gasteiger partial charge in [-0.3, -0.25) is 14.4 Å². The fraction of sp³-hybridized carbons (Fsp3) is 0.577. The minimum absolute atomic E-state index is 0.0161. The molecule has 1 saturated carbocycles. The summed E-state index contributed by atoms with van der Waals surface area (Å²) in [6.45, 7) is 0.486. The third kappa shape index (κ3) is 4.26. The van der Waals surface area contributed by atoms with Crippen molar-refractivity contribution in [3.8, 4) is 5.75 Å². The Bertz CT molecular complexity index is 1190. The second-order valence-corrected chi connectivity index (χ2v) is 10.4. The number of hydrogen-bond acceptors (Lipinski definition) is 11. The van der Waals surface area contributed by atoms with Crippen molar-refractivity contribution in [1.29, 1.82) is 0 Å². The van der Waals surface area contributed by atoms with Gasteiger partial charge in [0.2, 0.25) is 5.91 Å². The van der Waals surface area contributed by atoms with E-state index in [0.717, 1.165) is 0 Å². The first-order valence-corrected chi connectivity index (χ1v) is 12.4. The fourth-order valence-corrected chi connectivity index (χ4v) is 6.15. The third-order valence-corrected chi connectivity index (χ3v) is 8.08. The van der Waals surface area contributed by atoms with Crippen molar-refractivity contribution < 1.29 is 44.3 Å². The maximum atomic E-state index is 13.9. The number of aliphatic hydroxyl groups is 3. The molecule has 0 bridgehead atoms. The van der Waals surface area contributed by atoms with Crippen molar-refractivity contribution in [1.82, 2.24) is 5.32 Å². The van der Waals surface area contributed by atoms with E-state index in [2.05, 4.69) is 5.32 Å². The molecule has 3 aliphatic carbocycles. The molecule has 5 atom stereocenters. The first-order valence-electron chi connectivity index (χ1n) is 12.4. The number of fused-ring (bicyclic) bond motifs is 3. The van der Waals surface area contributed by atoms with Gasteiger partial charge in [0, 0.05) is 64.1 Å². The summed E-state index contributed by atoms with van der Waals surface area (Å²) in [7, 11) is 6.61. The molecule has 208 valence electrons. The van der Waals surface area contributed by atoms with Gasteiger partial charge in [-0.15, -0.1) is 0 Å². The summed E-state index contributed by atoms with van der Waals surface area (Å²) in [4.78, 5) is 40.7. The Morgan fingerprint density at radius 1 is 1.24 bits per heavy atom. The molecule has 0 aromatic heterocycles. The van der Waals surface area contributed by atoms with Crippen molar-refractivity contribution in [2.45, 2.75) is 43.8 Å². The Hall–Kier alpha value is -3.03. The van der Waals surface area contributed by atoms with E-state index >= 15 is 0 Å². The van der Waals surface area contributed by atoms with Gasteiger partial charge in [0.25, 0.3) is 0 Å². The summed E-state index contributed by atoms with van der Waals surface area (Å²) < 4.78 is 10.3. The van der Waals surface area contributed by atoms with Gasteiger partial charge in [-0.2, -0.15) is 0 Å². The Morgan fingerprint density at radius 3 is 2.47 bits per heavy atom. The summed E-state index contributed by atoms with van der Waals surface area (Å²) in [5.74, 6) is -7.27. The van der Waals surface area contributed by atoms with Crippen LogP contribution in [-0.4, -0.2) is 90.8 Å². The predicted molar refractivity (Wildman–Crippen MR) is 134 cm³/mol. The average molecular weight is 534 g/mol. The number of ether oxygens (including phenoxy) is 2. The van der Waals surface area contributed by atoms with Crippen molar-refractivity contribution >= 4 is 23.2 Å². The number of amides is 1. The largest absolute Gasteiger partial charge is 0.508 e. The number of nitrogens with zero attached hydrogens (tertiary/aromatic N) is 1. The van der Waals surface area contributed by atoms with Crippen molar-refractivity contribution in [2.75, 3.05) is 39.8 Å². The van der Waals surface area contributed by atoms with Gasteiger partial charge in [0.1, 0.15) is 17.4 Å². The second kappa shape index (κ2) is 10.3. The van der Waals surface area contributed by atoms with Gasteiger partial charge < -0.3 is 45.9 Å². The predicted octanol–water partition coefficient (Wildman–Crippen LogP) is -0.480. The highest BCUT2D eigenvalue weighted by Gasteiger charge is 2.62. The molecule has 38 heavy (non-hydrogen) atoms. The van der Waals surface area contributed by atoms with E-state index in [1.165, 1.54) is 14.2 Å². The molecule has 1 fully saturated rings. The van der Waals surface area contributed by atoms with Gasteiger partial charge in [-0.25, -0.2) is 0 Å². The number of anilines is 1. The lowest BCUT2D eigenvalue weighted by Crippen LogP contribution is -2.63. The zero-order valence-corrected chi connectivity index (χ0v) is 21.9. The molecule has 1 aromatic rings. The Labute approximate surface area is 220 Å². The van der Waals surface area contributed by atoms with E-state index in [1.54, 1.807) is 6.07 Å². The summed E-state index contributed by atoms with van der Waals surface area (Å²) in [5.41, 5.74) is 4.28. The van der Waals surface area contributed by atoms with Crippen LogP contribution in [0.5, 0.6) is 5.75 Å². The van der Waals surface area contributed by atoms with Crippen LogP contribution in [0, 0.1) is 17.8 Å². The van der Waals surface area contributed by atoms with Gasteiger partial charge in [-0.05, 0) is 36.8 Å². The average Bonchev–Trinajstić information content (AvgIpc) is 2.84. The number of benzene rings is 1. The molecule has 12 nitrogen and oxygen atoms in total. The molecule has 0 aliphatic heterocycles. The lowest BCUT2D eigenvalue weighted by atomic mass is 9.57. The molecule has 3 aliphatic rings. The standard InChI is InChI=1S/C26H35N3O9/c1-29(2)15-7-12(9-28-10-17(37-3)38-4)21(31)19-14(15)6-11-5-13-8-16(30)20(25(27)35)24(34)26(13,36)23(33)18(11)22(19)32/h7,11,13,16-17,20,28,30-31,33,36H,5-6,8-10H2,1-4H3,(H2,27,35)/t11-,13+,16?,20?,26+/m1/s1. The van der Waals surface area contributed by atoms with Gasteiger partial charge in [-0.1, -0.05) is 0 Å². The van der Waals surface area contributed by atoms with Crippen molar-refractivity contribution in [3.63, 3.8) is 0 Å². The van der Waals surface area contributed by atoms with Gasteiger partial charge in [0.05, 0.1) is 11.7 Å². The monoisotopic (exact) mass is 533 g/mol. The Morgan fingerprint density at radius 2 is 1.89 bits per heavy atom. The first-order chi connectivity index (χ1) is 17.9. The highest BCUT2D eigenvalue weighted by molar-refractivity contribution is 6.16. The number of Topliss-reactive ketones (excluding diaryl/α,β-unsaturated/α-hetero) is 2. The van der Waals surface area contributed by atoms with Crippen LogP contribution in [0.25, 0.3) is 0 Å². The molecular weight excluding hydrogens is 498 g/mol. The van der Waals surface area contributed by atoms with E-state index in [-0.39, 0.29) is 42.7 Å². The fourth-order valence-electron chi connectivity index (χ4n) is 6.15. The smallest absolute Gasteiger partial charge is 0.230 e. The molecule has 1 amide bonds. The van der Waals surface area contributed by atoms with Crippen LogP contribution >= 0.6 is 0 Å². The number of nitrogens with one attached hydrogen (secondary N) is 1. The number of methoxy groups -OCH3 is 2. The number of carbonyl (C=O) groups excluding carboxylic acids is 3. The van der Waals surface area contributed by atoms with E-state index < -0.39 is 59.0 Å². The van der Waals surface area contributed by atoms with Crippen molar-refractivity contribution in [3.05, 3.63) is 34.1 Å². The minimum Gasteiger partial charge on any atom is -0.508 e. The number of phenolic OH excluding ortho intramolecular Hbond substituents is 1. The SMILES string of the molecule is COC(CNCc1cc(N(C)C)c2c(c1O)C(=O)C1=C(O)[C@]3(O)C(=O)C(C(N)=O)C(O)C[C@@H]3C[C@@H]1C2)OC. The van der Waals surface area contributed by atoms with Gasteiger partial charge in [0.15, 0.2) is 23.5 Å². The summed E-state index contributed by atoms with van der Waals surface area (Å²) in [6.07, 6.45) is -1.70. The Kier molecular flexibility index (Phi) is 7.56. The summed E-state index contributed by atoms with van der Waals surface area (Å²) >= 11 is 0. The van der Waals surface area contributed by atoms with E-state index in [9.17, 15) is 34.8 Å². The number of nitrogens with two attached hydrogens (primary N) is 1. The number of rotatable bonds is 8. The number of primary amides is 1. The molecule has 4 rings (SSSR count). The lowest BCUT2D eigenvalue weighted by molar-refractivity contribution is -0.167. The van der Waals surface area contributed by atoms with Crippen LogP contribution in [0.4, 0.5) is 5.69 Å². The van der Waals surface area contributed by atoms with Crippen LogP contribution in [0.3, 0.4) is 0 Å². The number of allylic oxidation sites excluding steroid dienone is 1. The highest BCUT2D eigenvalue weighted by atomic mass is 16.7. The molecule has 12 heteroatoms. The Balaban J connectivity index is 1.79. The van der Waals surface area contributed by atoms with E-state index in [1.807, 2.05) is 19.0 Å². The zero-order chi connectivity index (χ0) is 28.1. The molecule has 0 heterocycles. The van der Waals surface area contributed by atoms with Crippen LogP contribution in [0.15, 0.2) is 17.4 Å². The van der Waals surface area contributed by atoms with Crippen molar-refractivity contribution in [2.24, 2.45) is 23.5 Å². The summed E-state index contributed by atoms with van der Waals surface area (Å²) in [5, 5.41) is 47.4. The zero-order valence-electron chi connectivity index (χ0n) is 21.9. The van der Waals surface area contributed by atoms with Crippen LogP contribution in [0.2, 0.25) is 0 Å². The maximum Gasteiger partial charge on any atom is 0.230 e. The lowest BCUT2D eigenvalue weighted by Gasteiger charge is -2.48. The quantitative estimate of drug-likeness (QED) is 0.187. The minimum atomic E-state index is -2.54. The molecule has 7 N–H and O–H groups in total. The topological polar surface area (TPSA) is 192 Å². The number of ketones is 2. The summed E-state index contributed by atoms with van der Waals surface area (Å²) in [6, 6.07) is 1.78. The molecule has 2 unspecified atom stereocenters. The van der Waals surface area contributed by atoms with Crippen LogP contribution in [0.1, 0.15) is 34.3 Å². The molecule has 0 saturated heterocycles. The number of aromatic hydroxyl groups is 1. The van der Waals surface area contributed by atoms with Crippen LogP contribution in [-0.2, 0) is 32.0 Å². The third-order valence-electron chi connectivity index (χ3n) is 8.08. The molecule has 0 spiro atoms. The number of aliphatic hydroxyl groups excluding tert-OH is 2. The maximum absolute atomic E-state index is 13.9. The second-order valence-electron chi connectivity index (χ2n) is 10.4. The molecular formula is C26H35N3O9. The number of carbonyl (C=O) groups is 3.